The smallest absolute Gasteiger partial charge is 0.269 e. The molecular formula is C15H23N3O3. The summed E-state index contributed by atoms with van der Waals surface area (Å²) in [5.74, 6) is 0. The number of piperazine rings is 1. The molecule has 1 saturated heterocycles. The lowest BCUT2D eigenvalue weighted by Crippen LogP contribution is -2.50. The second-order valence-electron chi connectivity index (χ2n) is 6.29. The van der Waals surface area contributed by atoms with Crippen molar-refractivity contribution in [1.82, 2.24) is 9.80 Å². The Morgan fingerprint density at radius 1 is 1.24 bits per heavy atom. The van der Waals surface area contributed by atoms with Gasteiger partial charge in [-0.15, -0.1) is 0 Å². The lowest BCUT2D eigenvalue weighted by Gasteiger charge is -2.37. The fourth-order valence-electron chi connectivity index (χ4n) is 2.68. The van der Waals surface area contributed by atoms with Gasteiger partial charge in [0.05, 0.1) is 10.5 Å². The van der Waals surface area contributed by atoms with E-state index < -0.39 is 5.60 Å². The van der Waals surface area contributed by atoms with E-state index in [-0.39, 0.29) is 10.6 Å². The Morgan fingerprint density at radius 3 is 2.43 bits per heavy atom. The number of benzene rings is 1. The normalized spacial score (nSPS) is 17.9. The zero-order chi connectivity index (χ0) is 15.5. The number of aliphatic hydroxyl groups is 1. The molecule has 0 bridgehead atoms. The number of rotatable bonds is 5. The van der Waals surface area contributed by atoms with Crippen molar-refractivity contribution >= 4 is 5.69 Å². The largest absolute Gasteiger partial charge is 0.389 e. The predicted octanol–water partition coefficient (Wildman–Crippen LogP) is 1.48. The number of nitro groups is 1. The Morgan fingerprint density at radius 2 is 1.86 bits per heavy atom. The highest BCUT2D eigenvalue weighted by Gasteiger charge is 2.22. The second-order valence-corrected chi connectivity index (χ2v) is 6.29. The summed E-state index contributed by atoms with van der Waals surface area (Å²) in [6.45, 7) is 8.72. The maximum Gasteiger partial charge on any atom is 0.269 e. The van der Waals surface area contributed by atoms with Crippen molar-refractivity contribution < 1.29 is 10.0 Å². The number of β-amino-alcohol motifs (C(OH)–C–C–N with tert-alkyl or cyclic N) is 1. The molecule has 0 spiro atoms. The van der Waals surface area contributed by atoms with Crippen LogP contribution in [0.15, 0.2) is 24.3 Å². The van der Waals surface area contributed by atoms with Crippen LogP contribution < -0.4 is 0 Å². The molecule has 0 aromatic heterocycles. The quantitative estimate of drug-likeness (QED) is 0.658. The van der Waals surface area contributed by atoms with Gasteiger partial charge in [0.2, 0.25) is 0 Å². The van der Waals surface area contributed by atoms with Crippen molar-refractivity contribution in [3.63, 3.8) is 0 Å². The molecule has 116 valence electrons. The number of non-ortho nitro benzene ring substituents is 1. The summed E-state index contributed by atoms with van der Waals surface area (Å²) in [7, 11) is 0. The maximum atomic E-state index is 10.8. The van der Waals surface area contributed by atoms with Gasteiger partial charge < -0.3 is 5.11 Å². The van der Waals surface area contributed by atoms with E-state index in [1.54, 1.807) is 12.1 Å². The van der Waals surface area contributed by atoms with Crippen molar-refractivity contribution in [1.29, 1.82) is 0 Å². The van der Waals surface area contributed by atoms with Gasteiger partial charge in [0, 0.05) is 51.4 Å². The van der Waals surface area contributed by atoms with Gasteiger partial charge in [-0.2, -0.15) is 0 Å². The third-order valence-corrected chi connectivity index (χ3v) is 3.60. The summed E-state index contributed by atoms with van der Waals surface area (Å²) < 4.78 is 0. The molecule has 0 radical (unpaired) electrons. The van der Waals surface area contributed by atoms with Gasteiger partial charge in [-0.3, -0.25) is 19.9 Å². The van der Waals surface area contributed by atoms with Crippen molar-refractivity contribution in [2.24, 2.45) is 0 Å². The average molecular weight is 293 g/mol. The van der Waals surface area contributed by atoms with Crippen molar-refractivity contribution in [2.45, 2.75) is 26.0 Å². The highest BCUT2D eigenvalue weighted by Crippen LogP contribution is 2.16. The summed E-state index contributed by atoms with van der Waals surface area (Å²) in [4.78, 5) is 15.0. The van der Waals surface area contributed by atoms with Crippen molar-refractivity contribution in [2.75, 3.05) is 32.7 Å². The standard InChI is InChI=1S/C15H23N3O3/c1-15(2,19)12-17-8-6-16(7-9-17)11-13-4-3-5-14(10-13)18(20)21/h3-5,10,19H,6-9,11-12H2,1-2H3. The average Bonchev–Trinajstić information content (AvgIpc) is 2.40. The number of nitrogens with zero attached hydrogens (tertiary/aromatic N) is 3. The van der Waals surface area contributed by atoms with Crippen LogP contribution in [0.4, 0.5) is 5.69 Å². The first-order valence-corrected chi connectivity index (χ1v) is 7.24. The summed E-state index contributed by atoms with van der Waals surface area (Å²) in [5.41, 5.74) is 0.454. The van der Waals surface area contributed by atoms with E-state index in [1.165, 1.54) is 6.07 Å². The van der Waals surface area contributed by atoms with Crippen LogP contribution in [0.2, 0.25) is 0 Å². The molecule has 0 amide bonds. The van der Waals surface area contributed by atoms with Crippen LogP contribution in [-0.2, 0) is 6.54 Å². The lowest BCUT2D eigenvalue weighted by atomic mass is 10.1. The fraction of sp³-hybridized carbons (Fsp3) is 0.600. The van der Waals surface area contributed by atoms with E-state index in [0.717, 1.165) is 38.3 Å². The number of nitro benzene ring substituents is 1. The molecule has 0 unspecified atom stereocenters. The third kappa shape index (κ3) is 5.08. The molecule has 2 rings (SSSR count). The maximum absolute atomic E-state index is 10.8. The first-order chi connectivity index (χ1) is 9.83. The van der Waals surface area contributed by atoms with Gasteiger partial charge in [-0.25, -0.2) is 0 Å². The van der Waals surface area contributed by atoms with E-state index in [4.69, 9.17) is 0 Å². The van der Waals surface area contributed by atoms with Gasteiger partial charge in [0.1, 0.15) is 0 Å². The SMILES string of the molecule is CC(C)(O)CN1CCN(Cc2cccc([N+](=O)[O-])c2)CC1. The molecule has 1 aliphatic rings. The number of hydrogen-bond donors (Lipinski definition) is 1. The number of hydrogen-bond acceptors (Lipinski definition) is 5. The first-order valence-electron chi connectivity index (χ1n) is 7.24. The third-order valence-electron chi connectivity index (χ3n) is 3.60. The Balaban J connectivity index is 1.86. The van der Waals surface area contributed by atoms with E-state index in [9.17, 15) is 15.2 Å². The molecule has 1 aliphatic heterocycles. The Labute approximate surface area is 125 Å². The summed E-state index contributed by atoms with van der Waals surface area (Å²) in [6, 6.07) is 6.82. The van der Waals surface area contributed by atoms with E-state index in [1.807, 2.05) is 19.9 Å². The monoisotopic (exact) mass is 293 g/mol. The fourth-order valence-corrected chi connectivity index (χ4v) is 2.68. The van der Waals surface area contributed by atoms with Crippen molar-refractivity contribution in [3.05, 3.63) is 39.9 Å². The van der Waals surface area contributed by atoms with Gasteiger partial charge in [-0.05, 0) is 19.4 Å². The molecule has 0 aliphatic carbocycles. The Bertz CT molecular complexity index is 491. The Kier molecular flexibility index (Phi) is 4.92. The highest BCUT2D eigenvalue weighted by molar-refractivity contribution is 5.34. The van der Waals surface area contributed by atoms with Gasteiger partial charge >= 0.3 is 0 Å². The van der Waals surface area contributed by atoms with Crippen LogP contribution in [-0.4, -0.2) is 58.2 Å². The topological polar surface area (TPSA) is 69.8 Å². The summed E-state index contributed by atoms with van der Waals surface area (Å²) in [6.07, 6.45) is 0. The minimum Gasteiger partial charge on any atom is -0.389 e. The molecule has 1 fully saturated rings. The predicted molar refractivity (Wildman–Crippen MR) is 81.1 cm³/mol. The molecule has 1 N–H and O–H groups in total. The minimum atomic E-state index is -0.664. The summed E-state index contributed by atoms with van der Waals surface area (Å²) in [5, 5.41) is 20.6. The molecule has 6 heteroatoms. The molecule has 1 aromatic rings. The van der Waals surface area contributed by atoms with E-state index in [2.05, 4.69) is 9.80 Å². The van der Waals surface area contributed by atoms with Crippen LogP contribution in [0.1, 0.15) is 19.4 Å². The van der Waals surface area contributed by atoms with Crippen LogP contribution in [0.25, 0.3) is 0 Å². The molecule has 0 saturated carbocycles. The van der Waals surface area contributed by atoms with Crippen LogP contribution >= 0.6 is 0 Å². The summed E-state index contributed by atoms with van der Waals surface area (Å²) >= 11 is 0. The molecule has 6 nitrogen and oxygen atoms in total. The lowest BCUT2D eigenvalue weighted by molar-refractivity contribution is -0.384. The molecule has 1 aromatic carbocycles. The minimum absolute atomic E-state index is 0.146. The zero-order valence-corrected chi connectivity index (χ0v) is 12.7. The van der Waals surface area contributed by atoms with E-state index in [0.29, 0.717) is 6.54 Å². The second kappa shape index (κ2) is 6.51. The molecular weight excluding hydrogens is 270 g/mol. The van der Waals surface area contributed by atoms with Crippen LogP contribution in [0, 0.1) is 10.1 Å². The first kappa shape index (κ1) is 15.9. The molecule has 1 heterocycles. The van der Waals surface area contributed by atoms with Crippen LogP contribution in [0.3, 0.4) is 0 Å². The van der Waals surface area contributed by atoms with E-state index >= 15 is 0 Å². The Hall–Kier alpha value is -1.50. The van der Waals surface area contributed by atoms with Gasteiger partial charge in [0.15, 0.2) is 0 Å². The molecule has 21 heavy (non-hydrogen) atoms. The van der Waals surface area contributed by atoms with Gasteiger partial charge in [0.25, 0.3) is 5.69 Å². The zero-order valence-electron chi connectivity index (χ0n) is 12.7. The van der Waals surface area contributed by atoms with Gasteiger partial charge in [-0.1, -0.05) is 12.1 Å². The highest BCUT2D eigenvalue weighted by atomic mass is 16.6. The molecule has 0 atom stereocenters. The van der Waals surface area contributed by atoms with Crippen LogP contribution in [0.5, 0.6) is 0 Å². The van der Waals surface area contributed by atoms with Crippen molar-refractivity contribution in [3.8, 4) is 0 Å².